The largest absolute Gasteiger partial charge is 0.374 e. The molecule has 19 heavy (non-hydrogen) atoms. The molecule has 104 valence electrons. The van der Waals surface area contributed by atoms with E-state index in [1.54, 1.807) is 0 Å². The fourth-order valence-electron chi connectivity index (χ4n) is 3.24. The molecule has 0 spiro atoms. The Morgan fingerprint density at radius 2 is 2.21 bits per heavy atom. The standard InChI is InChI=1S/C16H23NO2/c1-16(8-4-9-19-16)15(17)11-14-13-6-3-2-5-12(13)7-10-18-14/h2-3,5-6,14-15H,4,7-11,17H2,1H3. The van der Waals surface area contributed by atoms with Crippen LogP contribution in [0.5, 0.6) is 0 Å². The molecule has 2 N–H and O–H groups in total. The van der Waals surface area contributed by atoms with E-state index < -0.39 is 0 Å². The molecule has 2 aliphatic rings. The first-order valence-corrected chi connectivity index (χ1v) is 7.28. The van der Waals surface area contributed by atoms with Gasteiger partial charge in [0.25, 0.3) is 0 Å². The lowest BCUT2D eigenvalue weighted by Gasteiger charge is -2.35. The molecule has 1 saturated heterocycles. The van der Waals surface area contributed by atoms with Gasteiger partial charge in [-0.05, 0) is 43.7 Å². The zero-order valence-corrected chi connectivity index (χ0v) is 11.6. The lowest BCUT2D eigenvalue weighted by Crippen LogP contribution is -2.46. The van der Waals surface area contributed by atoms with Gasteiger partial charge in [-0.3, -0.25) is 0 Å². The summed E-state index contributed by atoms with van der Waals surface area (Å²) in [6.45, 7) is 3.78. The fourth-order valence-corrected chi connectivity index (χ4v) is 3.24. The summed E-state index contributed by atoms with van der Waals surface area (Å²) in [5, 5.41) is 0. The van der Waals surface area contributed by atoms with Crippen molar-refractivity contribution in [2.75, 3.05) is 13.2 Å². The van der Waals surface area contributed by atoms with Crippen LogP contribution in [0.3, 0.4) is 0 Å². The summed E-state index contributed by atoms with van der Waals surface area (Å²) in [4.78, 5) is 0. The van der Waals surface area contributed by atoms with Gasteiger partial charge in [-0.15, -0.1) is 0 Å². The van der Waals surface area contributed by atoms with Crippen LogP contribution in [0.15, 0.2) is 24.3 Å². The summed E-state index contributed by atoms with van der Waals surface area (Å²) in [7, 11) is 0. The van der Waals surface area contributed by atoms with Crippen molar-refractivity contribution in [3.8, 4) is 0 Å². The van der Waals surface area contributed by atoms with Gasteiger partial charge in [0.05, 0.1) is 18.3 Å². The molecule has 0 amide bonds. The molecule has 1 aromatic rings. The minimum Gasteiger partial charge on any atom is -0.374 e. The van der Waals surface area contributed by atoms with Crippen LogP contribution in [0.25, 0.3) is 0 Å². The second-order valence-electron chi connectivity index (χ2n) is 5.92. The Bertz CT molecular complexity index is 440. The van der Waals surface area contributed by atoms with Crippen LogP contribution < -0.4 is 5.73 Å². The van der Waals surface area contributed by atoms with Crippen molar-refractivity contribution in [2.45, 2.75) is 50.4 Å². The molecular formula is C16H23NO2. The summed E-state index contributed by atoms with van der Waals surface area (Å²) in [5.41, 5.74) is 8.94. The third-order valence-corrected chi connectivity index (χ3v) is 4.59. The SMILES string of the molecule is CC1(C(N)CC2OCCc3ccccc32)CCCO1. The third kappa shape index (κ3) is 2.55. The second kappa shape index (κ2) is 5.23. The monoisotopic (exact) mass is 261 g/mol. The van der Waals surface area contributed by atoms with E-state index in [2.05, 4.69) is 31.2 Å². The van der Waals surface area contributed by atoms with E-state index in [1.165, 1.54) is 11.1 Å². The van der Waals surface area contributed by atoms with E-state index in [0.29, 0.717) is 0 Å². The molecule has 3 rings (SSSR count). The molecule has 0 aromatic heterocycles. The zero-order chi connectivity index (χ0) is 13.3. The predicted octanol–water partition coefficient (Wildman–Crippen LogP) is 2.59. The molecular weight excluding hydrogens is 238 g/mol. The number of rotatable bonds is 3. The molecule has 0 bridgehead atoms. The van der Waals surface area contributed by atoms with E-state index in [9.17, 15) is 0 Å². The Morgan fingerprint density at radius 3 is 3.00 bits per heavy atom. The predicted molar refractivity (Wildman–Crippen MR) is 75.0 cm³/mol. The first-order valence-electron chi connectivity index (χ1n) is 7.28. The number of nitrogens with two attached hydrogens (primary N) is 1. The van der Waals surface area contributed by atoms with Gasteiger partial charge in [-0.25, -0.2) is 0 Å². The number of benzene rings is 1. The van der Waals surface area contributed by atoms with Crippen LogP contribution in [0.2, 0.25) is 0 Å². The van der Waals surface area contributed by atoms with Crippen LogP contribution in [-0.2, 0) is 15.9 Å². The van der Waals surface area contributed by atoms with Gasteiger partial charge in [-0.1, -0.05) is 24.3 Å². The number of fused-ring (bicyclic) bond motifs is 1. The Hall–Kier alpha value is -0.900. The summed E-state index contributed by atoms with van der Waals surface area (Å²) in [6, 6.07) is 8.59. The molecule has 3 unspecified atom stereocenters. The Morgan fingerprint density at radius 1 is 1.37 bits per heavy atom. The Labute approximate surface area is 115 Å². The molecule has 3 heteroatoms. The van der Waals surface area contributed by atoms with Gasteiger partial charge in [0, 0.05) is 12.6 Å². The van der Waals surface area contributed by atoms with Crippen LogP contribution in [0, 0.1) is 0 Å². The fraction of sp³-hybridized carbons (Fsp3) is 0.625. The number of ether oxygens (including phenoxy) is 2. The highest BCUT2D eigenvalue weighted by Crippen LogP contribution is 2.35. The lowest BCUT2D eigenvalue weighted by atomic mass is 9.86. The summed E-state index contributed by atoms with van der Waals surface area (Å²) >= 11 is 0. The van der Waals surface area contributed by atoms with Crippen LogP contribution in [0.1, 0.15) is 43.4 Å². The lowest BCUT2D eigenvalue weighted by molar-refractivity contribution is -0.0307. The van der Waals surface area contributed by atoms with Gasteiger partial charge < -0.3 is 15.2 Å². The van der Waals surface area contributed by atoms with Crippen molar-refractivity contribution in [2.24, 2.45) is 5.73 Å². The minimum absolute atomic E-state index is 0.0335. The van der Waals surface area contributed by atoms with Crippen molar-refractivity contribution >= 4 is 0 Å². The van der Waals surface area contributed by atoms with Crippen LogP contribution >= 0.6 is 0 Å². The van der Waals surface area contributed by atoms with E-state index in [1.807, 2.05) is 0 Å². The van der Waals surface area contributed by atoms with Crippen molar-refractivity contribution in [3.05, 3.63) is 35.4 Å². The smallest absolute Gasteiger partial charge is 0.0843 e. The van der Waals surface area contributed by atoms with Gasteiger partial charge >= 0.3 is 0 Å². The number of hydrogen-bond donors (Lipinski definition) is 1. The maximum Gasteiger partial charge on any atom is 0.0843 e. The summed E-state index contributed by atoms with van der Waals surface area (Å²) in [5.74, 6) is 0. The highest BCUT2D eigenvalue weighted by atomic mass is 16.5. The maximum atomic E-state index is 6.40. The van der Waals surface area contributed by atoms with Crippen molar-refractivity contribution in [1.82, 2.24) is 0 Å². The van der Waals surface area contributed by atoms with Gasteiger partial charge in [0.2, 0.25) is 0 Å². The highest BCUT2D eigenvalue weighted by Gasteiger charge is 2.38. The molecule has 2 heterocycles. The Balaban J connectivity index is 1.74. The number of hydrogen-bond acceptors (Lipinski definition) is 3. The summed E-state index contributed by atoms with van der Waals surface area (Å²) < 4.78 is 11.8. The van der Waals surface area contributed by atoms with Crippen LogP contribution in [0.4, 0.5) is 0 Å². The maximum absolute atomic E-state index is 6.40. The molecule has 0 radical (unpaired) electrons. The molecule has 0 saturated carbocycles. The average Bonchev–Trinajstić information content (AvgIpc) is 2.87. The highest BCUT2D eigenvalue weighted by molar-refractivity contribution is 5.31. The van der Waals surface area contributed by atoms with Crippen LogP contribution in [-0.4, -0.2) is 24.9 Å². The molecule has 3 nitrogen and oxygen atoms in total. The van der Waals surface area contributed by atoms with Gasteiger partial charge in [0.15, 0.2) is 0 Å². The zero-order valence-electron chi connectivity index (χ0n) is 11.6. The first-order chi connectivity index (χ1) is 9.19. The first kappa shape index (κ1) is 13.1. The Kier molecular flexibility index (Phi) is 3.61. The average molecular weight is 261 g/mol. The molecule has 1 fully saturated rings. The summed E-state index contributed by atoms with van der Waals surface area (Å²) in [6.07, 6.45) is 4.15. The van der Waals surface area contributed by atoms with Gasteiger partial charge in [0.1, 0.15) is 0 Å². The van der Waals surface area contributed by atoms with Crippen molar-refractivity contribution in [3.63, 3.8) is 0 Å². The molecule has 2 aliphatic heterocycles. The normalized spacial score (nSPS) is 32.0. The van der Waals surface area contributed by atoms with Gasteiger partial charge in [-0.2, -0.15) is 0 Å². The van der Waals surface area contributed by atoms with E-state index in [0.717, 1.165) is 38.9 Å². The molecule has 1 aromatic carbocycles. The molecule has 0 aliphatic carbocycles. The van der Waals surface area contributed by atoms with E-state index in [4.69, 9.17) is 15.2 Å². The van der Waals surface area contributed by atoms with Crippen molar-refractivity contribution in [1.29, 1.82) is 0 Å². The topological polar surface area (TPSA) is 44.5 Å². The van der Waals surface area contributed by atoms with E-state index >= 15 is 0 Å². The second-order valence-corrected chi connectivity index (χ2v) is 5.92. The van der Waals surface area contributed by atoms with Crippen molar-refractivity contribution < 1.29 is 9.47 Å². The third-order valence-electron chi connectivity index (χ3n) is 4.59. The quantitative estimate of drug-likeness (QED) is 0.909. The van der Waals surface area contributed by atoms with E-state index in [-0.39, 0.29) is 17.7 Å². The minimum atomic E-state index is -0.171. The molecule has 3 atom stereocenters.